The van der Waals surface area contributed by atoms with Crippen LogP contribution < -0.4 is 21.9 Å². The van der Waals surface area contributed by atoms with E-state index >= 15 is 0 Å². The molecule has 0 saturated carbocycles. The van der Waals surface area contributed by atoms with E-state index in [0.717, 1.165) is 11.3 Å². The SMILES string of the molecule is CCCCn1c(N)c(N(CCOC)C(=O)c2ccc(S(=O)(=O)N3C[C@H](C)O[C@@H](C)C3)cc2)c(=O)[nH]c1=O. The molecule has 12 nitrogen and oxygen atoms in total. The Morgan fingerprint density at radius 3 is 2.38 bits per heavy atom. The first kappa shape index (κ1) is 28.6. The van der Waals surface area contributed by atoms with Crippen LogP contribution in [0, 0.1) is 0 Å². The molecule has 3 N–H and O–H groups in total. The number of nitrogens with two attached hydrogens (primary N) is 1. The van der Waals surface area contributed by atoms with Crippen molar-refractivity contribution in [2.75, 3.05) is 44.0 Å². The van der Waals surface area contributed by atoms with E-state index < -0.39 is 27.2 Å². The summed E-state index contributed by atoms with van der Waals surface area (Å²) >= 11 is 0. The summed E-state index contributed by atoms with van der Waals surface area (Å²) in [6, 6.07) is 5.49. The van der Waals surface area contributed by atoms with Crippen molar-refractivity contribution in [1.82, 2.24) is 13.9 Å². The molecule has 0 aliphatic carbocycles. The smallest absolute Gasteiger partial charge is 0.330 e. The molecule has 1 aromatic heterocycles. The van der Waals surface area contributed by atoms with Crippen molar-refractivity contribution in [3.8, 4) is 0 Å². The summed E-state index contributed by atoms with van der Waals surface area (Å²) in [5, 5.41) is 0. The number of sulfonamides is 1. The Hall–Kier alpha value is -3.00. The van der Waals surface area contributed by atoms with Gasteiger partial charge in [-0.1, -0.05) is 13.3 Å². The molecule has 1 aliphatic rings. The number of aromatic amines is 1. The zero-order valence-corrected chi connectivity index (χ0v) is 22.4. The Kier molecular flexibility index (Phi) is 9.29. The third-order valence-corrected chi connectivity index (χ3v) is 7.95. The van der Waals surface area contributed by atoms with Crippen molar-refractivity contribution in [2.24, 2.45) is 0 Å². The quantitative estimate of drug-likeness (QED) is 0.455. The highest BCUT2D eigenvalue weighted by Crippen LogP contribution is 2.24. The molecular formula is C24H35N5O7S. The second kappa shape index (κ2) is 12.0. The standard InChI is InChI=1S/C24H35N5O7S/c1-5-6-11-29-21(25)20(22(30)26-24(29)32)28(12-13-35-4)23(31)18-7-9-19(10-8-18)37(33,34)27-14-16(2)36-17(3)15-27/h7-10,16-17H,5-6,11-15,25H2,1-4H3,(H,26,30,32)/t16-,17-/m0/s1. The Morgan fingerprint density at radius 1 is 1.19 bits per heavy atom. The first-order chi connectivity index (χ1) is 17.5. The van der Waals surface area contributed by atoms with Crippen LogP contribution in [0.5, 0.6) is 0 Å². The number of amides is 1. The molecule has 0 radical (unpaired) electrons. The highest BCUT2D eigenvalue weighted by Gasteiger charge is 2.32. The molecule has 0 spiro atoms. The third-order valence-electron chi connectivity index (χ3n) is 6.11. The zero-order valence-electron chi connectivity index (χ0n) is 21.6. The van der Waals surface area contributed by atoms with Gasteiger partial charge in [0.05, 0.1) is 23.7 Å². The minimum atomic E-state index is -3.79. The largest absolute Gasteiger partial charge is 0.383 e. The van der Waals surface area contributed by atoms with Gasteiger partial charge in [-0.3, -0.25) is 24.0 Å². The highest BCUT2D eigenvalue weighted by atomic mass is 32.2. The van der Waals surface area contributed by atoms with Gasteiger partial charge in [-0.25, -0.2) is 13.2 Å². The molecule has 37 heavy (non-hydrogen) atoms. The fourth-order valence-corrected chi connectivity index (χ4v) is 5.87. The summed E-state index contributed by atoms with van der Waals surface area (Å²) in [7, 11) is -2.34. The van der Waals surface area contributed by atoms with Crippen LogP contribution in [-0.4, -0.2) is 73.7 Å². The molecule has 204 valence electrons. The number of carbonyl (C=O) groups excluding carboxylic acids is 1. The lowest BCUT2D eigenvalue weighted by molar-refractivity contribution is -0.0440. The van der Waals surface area contributed by atoms with Crippen LogP contribution in [0.15, 0.2) is 38.8 Å². The molecule has 0 unspecified atom stereocenters. The summed E-state index contributed by atoms with van der Waals surface area (Å²) in [6.07, 6.45) is 0.971. The fraction of sp³-hybridized carbons (Fsp3) is 0.542. The number of aromatic nitrogens is 2. The van der Waals surface area contributed by atoms with Crippen molar-refractivity contribution >= 4 is 27.4 Å². The average Bonchev–Trinajstić information content (AvgIpc) is 2.85. The molecular weight excluding hydrogens is 502 g/mol. The average molecular weight is 538 g/mol. The number of nitrogens with one attached hydrogen (secondary N) is 1. The lowest BCUT2D eigenvalue weighted by Crippen LogP contribution is -2.48. The number of morpholine rings is 1. The van der Waals surface area contributed by atoms with Crippen LogP contribution in [0.2, 0.25) is 0 Å². The van der Waals surface area contributed by atoms with Gasteiger partial charge in [0, 0.05) is 38.9 Å². The van der Waals surface area contributed by atoms with E-state index in [1.54, 1.807) is 0 Å². The maximum atomic E-state index is 13.5. The van der Waals surface area contributed by atoms with E-state index in [0.29, 0.717) is 6.42 Å². The number of ether oxygens (including phenoxy) is 2. The van der Waals surface area contributed by atoms with Crippen LogP contribution in [0.3, 0.4) is 0 Å². The molecule has 1 aliphatic heterocycles. The van der Waals surface area contributed by atoms with Crippen LogP contribution in [0.1, 0.15) is 44.0 Å². The van der Waals surface area contributed by atoms with Gasteiger partial charge >= 0.3 is 5.69 Å². The number of nitrogens with zero attached hydrogens (tertiary/aromatic N) is 3. The van der Waals surface area contributed by atoms with E-state index in [1.165, 1.54) is 40.2 Å². The van der Waals surface area contributed by atoms with Crippen molar-refractivity contribution in [3.05, 3.63) is 50.7 Å². The minimum absolute atomic E-state index is 0.0157. The number of hydrogen-bond acceptors (Lipinski definition) is 8. The van der Waals surface area contributed by atoms with E-state index in [-0.39, 0.29) is 67.0 Å². The minimum Gasteiger partial charge on any atom is -0.383 e. The number of anilines is 2. The maximum absolute atomic E-state index is 13.5. The van der Waals surface area contributed by atoms with Gasteiger partial charge in [0.25, 0.3) is 11.5 Å². The number of rotatable bonds is 10. The van der Waals surface area contributed by atoms with Crippen molar-refractivity contribution in [2.45, 2.75) is 57.3 Å². The van der Waals surface area contributed by atoms with Crippen molar-refractivity contribution in [1.29, 1.82) is 0 Å². The third kappa shape index (κ3) is 6.29. The second-order valence-electron chi connectivity index (χ2n) is 9.05. The van der Waals surface area contributed by atoms with Gasteiger partial charge in [0.2, 0.25) is 10.0 Å². The summed E-state index contributed by atoms with van der Waals surface area (Å²) in [5.74, 6) is -0.714. The van der Waals surface area contributed by atoms with Gasteiger partial charge in [0.1, 0.15) is 5.82 Å². The molecule has 1 amide bonds. The molecule has 1 fully saturated rings. The number of nitrogen functional groups attached to an aromatic ring is 1. The van der Waals surface area contributed by atoms with E-state index in [1.807, 2.05) is 20.8 Å². The Labute approximate surface area is 216 Å². The maximum Gasteiger partial charge on any atom is 0.330 e. The summed E-state index contributed by atoms with van der Waals surface area (Å²) < 4.78 is 39.7. The first-order valence-electron chi connectivity index (χ1n) is 12.2. The molecule has 13 heteroatoms. The Bertz CT molecular complexity index is 1310. The van der Waals surface area contributed by atoms with Gasteiger partial charge < -0.3 is 15.2 Å². The Morgan fingerprint density at radius 2 is 1.81 bits per heavy atom. The molecule has 2 atom stereocenters. The number of H-pyrrole nitrogens is 1. The molecule has 3 rings (SSSR count). The lowest BCUT2D eigenvalue weighted by Gasteiger charge is -2.34. The molecule has 2 heterocycles. The summed E-state index contributed by atoms with van der Waals surface area (Å²) in [5.41, 5.74) is 4.75. The topological polar surface area (TPSA) is 157 Å². The van der Waals surface area contributed by atoms with Crippen molar-refractivity contribution in [3.63, 3.8) is 0 Å². The molecule has 1 aromatic carbocycles. The second-order valence-corrected chi connectivity index (χ2v) is 11.0. The number of hydrogen-bond donors (Lipinski definition) is 2. The fourth-order valence-electron chi connectivity index (χ4n) is 4.28. The normalized spacial score (nSPS) is 18.6. The predicted molar refractivity (Wildman–Crippen MR) is 139 cm³/mol. The Balaban J connectivity index is 1.96. The monoisotopic (exact) mass is 537 g/mol. The van der Waals surface area contributed by atoms with Crippen molar-refractivity contribution < 1.29 is 22.7 Å². The van der Waals surface area contributed by atoms with E-state index in [2.05, 4.69) is 4.98 Å². The van der Waals surface area contributed by atoms with Gasteiger partial charge in [-0.15, -0.1) is 0 Å². The summed E-state index contributed by atoms with van der Waals surface area (Å²) in [4.78, 5) is 42.0. The van der Waals surface area contributed by atoms with Crippen LogP contribution >= 0.6 is 0 Å². The van der Waals surface area contributed by atoms with Gasteiger partial charge in [-0.2, -0.15) is 4.31 Å². The van der Waals surface area contributed by atoms with E-state index in [4.69, 9.17) is 15.2 Å². The summed E-state index contributed by atoms with van der Waals surface area (Å²) in [6.45, 7) is 6.40. The molecule has 0 bridgehead atoms. The lowest BCUT2D eigenvalue weighted by atomic mass is 10.2. The molecule has 1 saturated heterocycles. The zero-order chi connectivity index (χ0) is 27.3. The van der Waals surface area contributed by atoms with Gasteiger partial charge in [0.15, 0.2) is 5.69 Å². The van der Waals surface area contributed by atoms with Crippen LogP contribution in [0.25, 0.3) is 0 Å². The highest BCUT2D eigenvalue weighted by molar-refractivity contribution is 7.89. The van der Waals surface area contributed by atoms with Crippen LogP contribution in [-0.2, 0) is 26.0 Å². The number of carbonyl (C=O) groups is 1. The number of methoxy groups -OCH3 is 1. The first-order valence-corrected chi connectivity index (χ1v) is 13.6. The van der Waals surface area contributed by atoms with Gasteiger partial charge in [-0.05, 0) is 44.5 Å². The number of benzene rings is 1. The van der Waals surface area contributed by atoms with Crippen LogP contribution in [0.4, 0.5) is 11.5 Å². The van der Waals surface area contributed by atoms with E-state index in [9.17, 15) is 22.8 Å². The number of unbranched alkanes of at least 4 members (excludes halogenated alkanes) is 1. The predicted octanol–water partition coefficient (Wildman–Crippen LogP) is 1.01. The molecule has 2 aromatic rings.